The van der Waals surface area contributed by atoms with Gasteiger partial charge >= 0.3 is 7.12 Å². The van der Waals surface area contributed by atoms with Crippen molar-refractivity contribution in [3.8, 4) is 0 Å². The number of rotatable bonds is 3. The quantitative estimate of drug-likeness (QED) is 0.624. The van der Waals surface area contributed by atoms with E-state index < -0.39 is 7.12 Å². The van der Waals surface area contributed by atoms with Gasteiger partial charge in [0.05, 0.1) is 0 Å². The van der Waals surface area contributed by atoms with Gasteiger partial charge in [-0.25, -0.2) is 0 Å². The molecule has 3 nitrogen and oxygen atoms in total. The van der Waals surface area contributed by atoms with E-state index >= 15 is 0 Å². The molecule has 0 saturated heterocycles. The topological polar surface area (TPSA) is 46.5 Å². The van der Waals surface area contributed by atoms with Crippen LogP contribution in [-0.2, 0) is 4.65 Å². The van der Waals surface area contributed by atoms with Crippen molar-refractivity contribution in [3.05, 3.63) is 28.2 Å². The van der Waals surface area contributed by atoms with E-state index in [1.165, 1.54) is 7.11 Å². The monoisotopic (exact) mass is 242 g/mol. The Bertz CT molecular complexity index is 316. The number of benzene rings is 1. The molecular weight excluding hydrogens is 235 g/mol. The molecule has 0 atom stereocenters. The van der Waals surface area contributed by atoms with Gasteiger partial charge in [0.2, 0.25) is 0 Å². The highest BCUT2D eigenvalue weighted by Crippen LogP contribution is 2.12. The van der Waals surface area contributed by atoms with Gasteiger partial charge in [-0.3, -0.25) is 4.79 Å². The Hall–Kier alpha value is -0.645. The molecule has 1 N–H and O–H groups in total. The molecule has 0 aliphatic heterocycles. The molecule has 0 bridgehead atoms. The maximum atomic E-state index is 10.7. The van der Waals surface area contributed by atoms with Crippen molar-refractivity contribution >= 4 is 34.8 Å². The molecular formula is C8H8BBrO3. The molecule has 1 aromatic rings. The molecule has 0 saturated carbocycles. The second kappa shape index (κ2) is 4.55. The minimum Gasteiger partial charge on any atom is -0.423 e. The van der Waals surface area contributed by atoms with Crippen molar-refractivity contribution in [2.45, 2.75) is 0 Å². The van der Waals surface area contributed by atoms with Gasteiger partial charge < -0.3 is 9.68 Å². The maximum absolute atomic E-state index is 10.7. The van der Waals surface area contributed by atoms with Crippen molar-refractivity contribution in [3.63, 3.8) is 0 Å². The third kappa shape index (κ3) is 2.18. The van der Waals surface area contributed by atoms with Gasteiger partial charge in [-0.2, -0.15) is 0 Å². The highest BCUT2D eigenvalue weighted by Gasteiger charge is 2.19. The Kier molecular flexibility index (Phi) is 3.65. The number of hydrogen-bond donors (Lipinski definition) is 1. The van der Waals surface area contributed by atoms with Crippen LogP contribution in [0.4, 0.5) is 0 Å². The highest BCUT2D eigenvalue weighted by atomic mass is 79.9. The predicted molar refractivity (Wildman–Crippen MR) is 54.1 cm³/mol. The van der Waals surface area contributed by atoms with Crippen molar-refractivity contribution < 1.29 is 14.5 Å². The second-order valence-corrected chi connectivity index (χ2v) is 3.30. The standard InChI is InChI=1S/C8H8BBrO3/c1-13-9(12)7-3-2-4-8(10)6(7)5-11/h2-5,12H,1H3. The number of halogens is 1. The Labute approximate surface area is 85.0 Å². The molecule has 1 rings (SSSR count). The lowest BCUT2D eigenvalue weighted by molar-refractivity contribution is 0.112. The summed E-state index contributed by atoms with van der Waals surface area (Å²) in [5, 5.41) is 9.36. The third-order valence-corrected chi connectivity index (χ3v) is 2.39. The molecule has 0 aliphatic rings. The molecule has 0 fully saturated rings. The minimum atomic E-state index is -1.06. The fourth-order valence-corrected chi connectivity index (χ4v) is 1.50. The van der Waals surface area contributed by atoms with Gasteiger partial charge in [-0.05, 0) is 11.5 Å². The fraction of sp³-hybridized carbons (Fsp3) is 0.125. The van der Waals surface area contributed by atoms with E-state index in [1.54, 1.807) is 18.2 Å². The molecule has 1 aromatic carbocycles. The van der Waals surface area contributed by atoms with E-state index in [4.69, 9.17) is 4.65 Å². The molecule has 0 unspecified atom stereocenters. The summed E-state index contributed by atoms with van der Waals surface area (Å²) in [6, 6.07) is 5.10. The van der Waals surface area contributed by atoms with E-state index in [-0.39, 0.29) is 0 Å². The summed E-state index contributed by atoms with van der Waals surface area (Å²) in [6.45, 7) is 0. The van der Waals surface area contributed by atoms with Crippen molar-refractivity contribution in [1.29, 1.82) is 0 Å². The smallest absolute Gasteiger partial charge is 0.423 e. The Morgan fingerprint density at radius 1 is 1.62 bits per heavy atom. The van der Waals surface area contributed by atoms with Crippen LogP contribution in [-0.4, -0.2) is 25.5 Å². The lowest BCUT2D eigenvalue weighted by atomic mass is 9.77. The van der Waals surface area contributed by atoms with Crippen molar-refractivity contribution in [1.82, 2.24) is 0 Å². The Morgan fingerprint density at radius 3 is 2.85 bits per heavy atom. The highest BCUT2D eigenvalue weighted by molar-refractivity contribution is 9.10. The molecule has 0 heterocycles. The van der Waals surface area contributed by atoms with Crippen LogP contribution in [0.5, 0.6) is 0 Å². The largest absolute Gasteiger partial charge is 0.491 e. The molecule has 68 valence electrons. The van der Waals surface area contributed by atoms with Gasteiger partial charge in [0.15, 0.2) is 6.29 Å². The van der Waals surface area contributed by atoms with Gasteiger partial charge in [-0.1, -0.05) is 28.1 Å². The zero-order valence-electron chi connectivity index (χ0n) is 7.03. The molecule has 13 heavy (non-hydrogen) atoms. The SMILES string of the molecule is COB(O)c1cccc(Br)c1C=O. The van der Waals surface area contributed by atoms with Crippen LogP contribution in [0, 0.1) is 0 Å². The van der Waals surface area contributed by atoms with E-state index in [9.17, 15) is 9.82 Å². The summed E-state index contributed by atoms with van der Waals surface area (Å²) in [5.41, 5.74) is 0.878. The van der Waals surface area contributed by atoms with E-state index in [2.05, 4.69) is 15.9 Å². The Morgan fingerprint density at radius 2 is 2.31 bits per heavy atom. The average Bonchev–Trinajstić information content (AvgIpc) is 2.16. The first-order valence-electron chi connectivity index (χ1n) is 3.65. The molecule has 0 radical (unpaired) electrons. The summed E-state index contributed by atoms with van der Waals surface area (Å²) in [4.78, 5) is 10.7. The van der Waals surface area contributed by atoms with Crippen LogP contribution in [0.3, 0.4) is 0 Å². The van der Waals surface area contributed by atoms with Gasteiger partial charge in [0, 0.05) is 17.1 Å². The summed E-state index contributed by atoms with van der Waals surface area (Å²) >= 11 is 3.21. The zero-order valence-corrected chi connectivity index (χ0v) is 8.61. The van der Waals surface area contributed by atoms with Crippen LogP contribution in [0.15, 0.2) is 22.7 Å². The summed E-state index contributed by atoms with van der Waals surface area (Å²) < 4.78 is 5.36. The molecule has 0 amide bonds. The lowest BCUT2D eigenvalue weighted by Crippen LogP contribution is -2.35. The first-order valence-corrected chi connectivity index (χ1v) is 4.44. The fourth-order valence-electron chi connectivity index (χ4n) is 1.02. The minimum absolute atomic E-state index is 0.414. The summed E-state index contributed by atoms with van der Waals surface area (Å²) in [5.74, 6) is 0. The molecule has 0 aromatic heterocycles. The number of hydrogen-bond acceptors (Lipinski definition) is 3. The summed E-state index contributed by atoms with van der Waals surface area (Å²) in [6.07, 6.45) is 0.682. The maximum Gasteiger partial charge on any atom is 0.491 e. The molecule has 0 spiro atoms. The number of carbonyl (C=O) groups is 1. The predicted octanol–water partition coefficient (Wildman–Crippen LogP) is 0.595. The zero-order chi connectivity index (χ0) is 9.84. The van der Waals surface area contributed by atoms with Crippen LogP contribution >= 0.6 is 15.9 Å². The van der Waals surface area contributed by atoms with Gasteiger partial charge in [-0.15, -0.1) is 0 Å². The van der Waals surface area contributed by atoms with Crippen LogP contribution < -0.4 is 5.46 Å². The van der Waals surface area contributed by atoms with E-state index in [0.29, 0.717) is 21.8 Å². The normalized spacial score (nSPS) is 9.77. The first kappa shape index (κ1) is 10.4. The lowest BCUT2D eigenvalue weighted by Gasteiger charge is -2.07. The van der Waals surface area contributed by atoms with Crippen molar-refractivity contribution in [2.75, 3.05) is 7.11 Å². The van der Waals surface area contributed by atoms with E-state index in [0.717, 1.165) is 0 Å². The van der Waals surface area contributed by atoms with E-state index in [1.807, 2.05) is 0 Å². The number of aldehydes is 1. The van der Waals surface area contributed by atoms with Crippen molar-refractivity contribution in [2.24, 2.45) is 0 Å². The van der Waals surface area contributed by atoms with Gasteiger partial charge in [0.25, 0.3) is 0 Å². The Balaban J connectivity index is 3.19. The van der Waals surface area contributed by atoms with Crippen LogP contribution in [0.25, 0.3) is 0 Å². The van der Waals surface area contributed by atoms with Gasteiger partial charge in [0.1, 0.15) is 0 Å². The third-order valence-electron chi connectivity index (χ3n) is 1.69. The first-order chi connectivity index (χ1) is 6.20. The number of carbonyl (C=O) groups excluding carboxylic acids is 1. The second-order valence-electron chi connectivity index (χ2n) is 2.45. The van der Waals surface area contributed by atoms with Crippen LogP contribution in [0.1, 0.15) is 10.4 Å². The average molecular weight is 243 g/mol. The molecule has 0 aliphatic carbocycles. The molecule has 5 heteroatoms. The summed E-state index contributed by atoms with van der Waals surface area (Å²) in [7, 11) is 0.317. The van der Waals surface area contributed by atoms with Crippen LogP contribution in [0.2, 0.25) is 0 Å².